The minimum absolute atomic E-state index is 0.0106. The topological polar surface area (TPSA) is 114 Å². The number of carboxylic acid groups (broad SMARTS) is 1. The van der Waals surface area contributed by atoms with Gasteiger partial charge in [-0.25, -0.2) is 13.2 Å². The molecule has 0 amide bonds. The van der Waals surface area contributed by atoms with E-state index in [-0.39, 0.29) is 10.7 Å². The predicted octanol–water partition coefficient (Wildman–Crippen LogP) is 1.13. The second-order valence-electron chi connectivity index (χ2n) is 4.24. The molecule has 2 aromatic rings. The minimum atomic E-state index is -3.93. The van der Waals surface area contributed by atoms with Gasteiger partial charge in [-0.3, -0.25) is 9.40 Å². The molecule has 2 rings (SSSR count). The molecular weight excluding hydrogens is 286 g/mol. The van der Waals surface area contributed by atoms with Gasteiger partial charge in [0.15, 0.2) is 0 Å². The number of aromatic nitrogens is 2. The van der Waals surface area contributed by atoms with E-state index < -0.39 is 21.8 Å². The first kappa shape index (κ1) is 14.1. The van der Waals surface area contributed by atoms with E-state index in [1.54, 1.807) is 14.0 Å². The molecule has 2 heterocycles. The number of sulfonamides is 1. The zero-order valence-corrected chi connectivity index (χ0v) is 11.9. The Morgan fingerprint density at radius 2 is 2.10 bits per heavy atom. The second kappa shape index (κ2) is 4.67. The van der Waals surface area contributed by atoms with Crippen LogP contribution in [0.25, 0.3) is 0 Å². The van der Waals surface area contributed by atoms with E-state index in [1.807, 2.05) is 0 Å². The zero-order chi connectivity index (χ0) is 15.1. The van der Waals surface area contributed by atoms with Crippen LogP contribution in [-0.2, 0) is 17.1 Å². The van der Waals surface area contributed by atoms with Crippen molar-refractivity contribution in [1.82, 2.24) is 9.78 Å². The molecule has 0 aliphatic heterocycles. The van der Waals surface area contributed by atoms with Crippen molar-refractivity contribution < 1.29 is 22.7 Å². The fourth-order valence-corrected chi connectivity index (χ4v) is 3.02. The Kier molecular flexibility index (Phi) is 3.30. The van der Waals surface area contributed by atoms with E-state index in [4.69, 9.17) is 9.52 Å². The molecule has 0 saturated heterocycles. The Labute approximate surface area is 115 Å². The smallest absolute Gasteiger partial charge is 0.371 e. The molecule has 0 atom stereocenters. The Balaban J connectivity index is 2.40. The Morgan fingerprint density at radius 3 is 2.55 bits per heavy atom. The van der Waals surface area contributed by atoms with E-state index >= 15 is 0 Å². The quantitative estimate of drug-likeness (QED) is 0.874. The van der Waals surface area contributed by atoms with Gasteiger partial charge in [0.2, 0.25) is 5.76 Å². The highest BCUT2D eigenvalue weighted by Gasteiger charge is 2.24. The van der Waals surface area contributed by atoms with Crippen LogP contribution in [0.2, 0.25) is 0 Å². The molecular formula is C11H13N3O5S. The molecule has 8 nitrogen and oxygen atoms in total. The van der Waals surface area contributed by atoms with Crippen molar-refractivity contribution in [2.75, 3.05) is 4.72 Å². The van der Waals surface area contributed by atoms with Crippen molar-refractivity contribution in [1.29, 1.82) is 0 Å². The van der Waals surface area contributed by atoms with Crippen molar-refractivity contribution in [3.63, 3.8) is 0 Å². The molecule has 108 valence electrons. The Bertz CT molecular complexity index is 772. The first-order chi connectivity index (χ1) is 9.20. The number of hydrogen-bond donors (Lipinski definition) is 2. The maximum atomic E-state index is 12.2. The highest BCUT2D eigenvalue weighted by Crippen LogP contribution is 2.23. The maximum Gasteiger partial charge on any atom is 0.371 e. The monoisotopic (exact) mass is 299 g/mol. The molecule has 0 unspecified atom stereocenters. The Hall–Kier alpha value is -2.29. The van der Waals surface area contributed by atoms with Crippen molar-refractivity contribution in [3.8, 4) is 0 Å². The minimum Gasteiger partial charge on any atom is -0.475 e. The number of hydrogen-bond acceptors (Lipinski definition) is 5. The maximum absolute atomic E-state index is 12.2. The summed E-state index contributed by atoms with van der Waals surface area (Å²) in [6, 6.07) is 0.978. The summed E-state index contributed by atoms with van der Waals surface area (Å²) in [5.41, 5.74) is 0.834. The third-order valence-electron chi connectivity index (χ3n) is 2.63. The third kappa shape index (κ3) is 2.52. The summed E-state index contributed by atoms with van der Waals surface area (Å²) < 4.78 is 33.2. The molecule has 0 saturated carbocycles. The fraction of sp³-hybridized carbons (Fsp3) is 0.273. The number of furan rings is 1. The molecule has 0 fully saturated rings. The average Bonchev–Trinajstić information content (AvgIpc) is 2.83. The molecule has 0 radical (unpaired) electrons. The van der Waals surface area contributed by atoms with Crippen LogP contribution in [0.3, 0.4) is 0 Å². The van der Waals surface area contributed by atoms with Gasteiger partial charge in [-0.2, -0.15) is 5.10 Å². The normalized spacial score (nSPS) is 11.6. The van der Waals surface area contributed by atoms with Gasteiger partial charge in [0.05, 0.1) is 11.4 Å². The number of carboxylic acids is 1. The van der Waals surface area contributed by atoms with Crippen molar-refractivity contribution >= 4 is 21.7 Å². The molecule has 0 bridgehead atoms. The summed E-state index contributed by atoms with van der Waals surface area (Å²) in [5.74, 6) is -1.74. The molecule has 0 aliphatic carbocycles. The van der Waals surface area contributed by atoms with E-state index in [0.717, 1.165) is 6.07 Å². The van der Waals surface area contributed by atoms with Crippen LogP contribution in [0.15, 0.2) is 21.6 Å². The van der Waals surface area contributed by atoms with Gasteiger partial charge in [-0.1, -0.05) is 0 Å². The van der Waals surface area contributed by atoms with Crippen LogP contribution in [-0.4, -0.2) is 29.3 Å². The van der Waals surface area contributed by atoms with Crippen LogP contribution in [0.1, 0.15) is 22.0 Å². The van der Waals surface area contributed by atoms with E-state index in [9.17, 15) is 13.2 Å². The van der Waals surface area contributed by atoms with Gasteiger partial charge in [0.1, 0.15) is 10.7 Å². The van der Waals surface area contributed by atoms with Gasteiger partial charge in [0.25, 0.3) is 10.0 Å². The van der Waals surface area contributed by atoms with Crippen LogP contribution >= 0.6 is 0 Å². The summed E-state index contributed by atoms with van der Waals surface area (Å²) in [7, 11) is -2.26. The SMILES string of the molecule is Cc1nn(C)cc1NS(=O)(=O)c1cc(C(=O)O)oc1C. The molecule has 0 spiro atoms. The molecule has 9 heteroatoms. The summed E-state index contributed by atoms with van der Waals surface area (Å²) in [4.78, 5) is 10.6. The lowest BCUT2D eigenvalue weighted by Crippen LogP contribution is -2.13. The summed E-state index contributed by atoms with van der Waals surface area (Å²) in [5, 5.41) is 12.8. The van der Waals surface area contributed by atoms with Gasteiger partial charge >= 0.3 is 5.97 Å². The molecule has 0 aromatic carbocycles. The standard InChI is InChI=1S/C11H13N3O5S/c1-6-8(5-14(3)12-6)13-20(17,18)10-4-9(11(15)16)19-7(10)2/h4-5,13H,1-3H3,(H,15,16). The summed E-state index contributed by atoms with van der Waals surface area (Å²) in [6.07, 6.45) is 1.51. The van der Waals surface area contributed by atoms with Crippen LogP contribution in [0, 0.1) is 13.8 Å². The number of nitrogens with one attached hydrogen (secondary N) is 1. The second-order valence-corrected chi connectivity index (χ2v) is 5.89. The average molecular weight is 299 g/mol. The number of rotatable bonds is 4. The molecule has 20 heavy (non-hydrogen) atoms. The van der Waals surface area contributed by atoms with E-state index in [1.165, 1.54) is 17.8 Å². The third-order valence-corrected chi connectivity index (χ3v) is 4.10. The summed E-state index contributed by atoms with van der Waals surface area (Å²) >= 11 is 0. The number of carbonyl (C=O) groups is 1. The lowest BCUT2D eigenvalue weighted by molar-refractivity contribution is 0.0661. The van der Waals surface area contributed by atoms with E-state index in [0.29, 0.717) is 11.4 Å². The van der Waals surface area contributed by atoms with Crippen LogP contribution in [0.4, 0.5) is 5.69 Å². The first-order valence-corrected chi connectivity index (χ1v) is 7.06. The summed E-state index contributed by atoms with van der Waals surface area (Å²) in [6.45, 7) is 3.04. The van der Waals surface area contributed by atoms with Crippen LogP contribution in [0.5, 0.6) is 0 Å². The molecule has 2 N–H and O–H groups in total. The van der Waals surface area contributed by atoms with Gasteiger partial charge in [0, 0.05) is 19.3 Å². The number of aromatic carboxylic acids is 1. The number of aryl methyl sites for hydroxylation is 3. The van der Waals surface area contributed by atoms with Crippen molar-refractivity contribution in [2.24, 2.45) is 7.05 Å². The zero-order valence-electron chi connectivity index (χ0n) is 11.0. The van der Waals surface area contributed by atoms with Crippen molar-refractivity contribution in [2.45, 2.75) is 18.7 Å². The number of anilines is 1. The first-order valence-electron chi connectivity index (χ1n) is 5.57. The highest BCUT2D eigenvalue weighted by atomic mass is 32.2. The Morgan fingerprint density at radius 1 is 1.45 bits per heavy atom. The van der Waals surface area contributed by atoms with Crippen molar-refractivity contribution in [3.05, 3.63) is 29.5 Å². The lowest BCUT2D eigenvalue weighted by Gasteiger charge is -2.04. The van der Waals surface area contributed by atoms with E-state index in [2.05, 4.69) is 9.82 Å². The number of nitrogens with zero attached hydrogens (tertiary/aromatic N) is 2. The van der Waals surface area contributed by atoms with Gasteiger partial charge in [-0.05, 0) is 13.8 Å². The van der Waals surface area contributed by atoms with Gasteiger partial charge in [-0.15, -0.1) is 0 Å². The van der Waals surface area contributed by atoms with Crippen LogP contribution < -0.4 is 4.72 Å². The fourth-order valence-electron chi connectivity index (χ4n) is 1.74. The largest absolute Gasteiger partial charge is 0.475 e. The lowest BCUT2D eigenvalue weighted by atomic mass is 10.4. The predicted molar refractivity (Wildman–Crippen MR) is 69.2 cm³/mol. The highest BCUT2D eigenvalue weighted by molar-refractivity contribution is 7.92. The molecule has 2 aromatic heterocycles. The molecule has 0 aliphatic rings. The van der Waals surface area contributed by atoms with Gasteiger partial charge < -0.3 is 9.52 Å².